The van der Waals surface area contributed by atoms with Crippen LogP contribution < -0.4 is 0 Å². The molecule has 178 valence electrons. The summed E-state index contributed by atoms with van der Waals surface area (Å²) in [5.41, 5.74) is 3.68. The van der Waals surface area contributed by atoms with Gasteiger partial charge in [0.25, 0.3) is 0 Å². The molecule has 0 radical (unpaired) electrons. The van der Waals surface area contributed by atoms with E-state index in [0.717, 1.165) is 12.3 Å². The normalized spacial score (nSPS) is 38.5. The molecule has 3 rings (SSSR count). The smallest absolute Gasteiger partial charge is 0.192 e. The van der Waals surface area contributed by atoms with Crippen LogP contribution in [0, 0.1) is 29.1 Å². The molecule has 0 bridgehead atoms. The fourth-order valence-electron chi connectivity index (χ4n) is 6.67. The summed E-state index contributed by atoms with van der Waals surface area (Å²) in [6.07, 6.45) is 15.5. The Balaban J connectivity index is 1.74. The molecule has 6 atom stereocenters. The van der Waals surface area contributed by atoms with Gasteiger partial charge in [0.2, 0.25) is 0 Å². The van der Waals surface area contributed by atoms with E-state index in [-0.39, 0.29) is 5.04 Å². The Kier molecular flexibility index (Phi) is 7.71. The lowest BCUT2D eigenvalue weighted by molar-refractivity contribution is 0.0690. The summed E-state index contributed by atoms with van der Waals surface area (Å²) in [6, 6.07) is 0. The Labute approximate surface area is 194 Å². The van der Waals surface area contributed by atoms with Crippen molar-refractivity contribution >= 4 is 8.32 Å². The van der Waals surface area contributed by atoms with E-state index in [1.165, 1.54) is 44.9 Å². The second-order valence-corrected chi connectivity index (χ2v) is 17.7. The van der Waals surface area contributed by atoms with Crippen LogP contribution in [0.5, 0.6) is 0 Å². The molecule has 3 heteroatoms. The third kappa shape index (κ3) is 5.25. The topological polar surface area (TPSA) is 29.5 Å². The Hall–Kier alpha value is -0.383. The Morgan fingerprint density at radius 1 is 1.13 bits per heavy atom. The molecular weight excluding hydrogens is 396 g/mol. The fraction of sp³-hybridized carbons (Fsp3) is 0.857. The minimum absolute atomic E-state index is 0.277. The first-order valence-corrected chi connectivity index (χ1v) is 16.0. The van der Waals surface area contributed by atoms with Gasteiger partial charge in [-0.25, -0.2) is 0 Å². The summed E-state index contributed by atoms with van der Waals surface area (Å²) >= 11 is 0. The molecule has 0 heterocycles. The third-order valence-corrected chi connectivity index (χ3v) is 14.3. The summed E-state index contributed by atoms with van der Waals surface area (Å²) in [5.74, 6) is 2.50. The lowest BCUT2D eigenvalue weighted by atomic mass is 9.61. The van der Waals surface area contributed by atoms with Crippen LogP contribution in [0.2, 0.25) is 18.1 Å². The zero-order valence-corrected chi connectivity index (χ0v) is 22.8. The van der Waals surface area contributed by atoms with Crippen LogP contribution in [-0.2, 0) is 4.43 Å². The van der Waals surface area contributed by atoms with Crippen LogP contribution in [0.1, 0.15) is 92.9 Å². The highest BCUT2D eigenvalue weighted by molar-refractivity contribution is 6.74. The number of hydrogen-bond donors (Lipinski definition) is 1. The number of rotatable bonds is 5. The average Bonchev–Trinajstić information content (AvgIpc) is 3.04. The van der Waals surface area contributed by atoms with Crippen LogP contribution in [0.4, 0.5) is 0 Å². The first-order chi connectivity index (χ1) is 14.4. The van der Waals surface area contributed by atoms with Crippen molar-refractivity contribution in [2.24, 2.45) is 29.1 Å². The van der Waals surface area contributed by atoms with Crippen LogP contribution in [0.25, 0.3) is 0 Å². The molecule has 0 aromatic heterocycles. The predicted octanol–water partition coefficient (Wildman–Crippen LogP) is 7.89. The van der Waals surface area contributed by atoms with Crippen LogP contribution >= 0.6 is 0 Å². The molecule has 0 amide bonds. The van der Waals surface area contributed by atoms with Crippen molar-refractivity contribution in [1.82, 2.24) is 0 Å². The highest BCUT2D eigenvalue weighted by atomic mass is 28.4. The van der Waals surface area contributed by atoms with Gasteiger partial charge in [-0.3, -0.25) is 0 Å². The van der Waals surface area contributed by atoms with Gasteiger partial charge in [-0.15, -0.1) is 0 Å². The minimum atomic E-state index is -1.71. The lowest BCUT2D eigenvalue weighted by Crippen LogP contribution is -2.44. The molecule has 0 unspecified atom stereocenters. The highest BCUT2D eigenvalue weighted by Gasteiger charge is 2.50. The molecule has 0 aromatic carbocycles. The van der Waals surface area contributed by atoms with E-state index in [1.807, 2.05) is 0 Å². The van der Waals surface area contributed by atoms with Crippen molar-refractivity contribution in [3.63, 3.8) is 0 Å². The van der Waals surface area contributed by atoms with Gasteiger partial charge in [0.05, 0.1) is 0 Å². The number of fused-ring (bicyclic) bond motifs is 1. The van der Waals surface area contributed by atoms with E-state index in [9.17, 15) is 5.11 Å². The molecule has 31 heavy (non-hydrogen) atoms. The highest BCUT2D eigenvalue weighted by Crippen LogP contribution is 2.59. The standard InChI is InChI=1S/C28H50O2Si/c1-20-11-14-24(30-31(7,8)27(3,4)5)18-23(20)13-12-22-10-9-17-28(6)25(21(2)19-29)15-16-26(22)28/h12-13,20-21,24-26,29H,9-11,14-19H2,1-8H3/b22-12+,23-13-/t20-,21-,24-,25+,26-,28+/m0/s1. The van der Waals surface area contributed by atoms with E-state index >= 15 is 0 Å². The molecular formula is C28H50O2Si. The number of allylic oxidation sites excluding steroid dienone is 3. The van der Waals surface area contributed by atoms with Gasteiger partial charge in [0, 0.05) is 12.7 Å². The molecule has 3 aliphatic rings. The largest absolute Gasteiger partial charge is 0.414 e. The maximum absolute atomic E-state index is 9.79. The molecule has 0 aromatic rings. The monoisotopic (exact) mass is 446 g/mol. The lowest BCUT2D eigenvalue weighted by Gasteiger charge is -2.44. The zero-order valence-electron chi connectivity index (χ0n) is 21.8. The van der Waals surface area contributed by atoms with Crippen molar-refractivity contribution < 1.29 is 9.53 Å². The fourth-order valence-corrected chi connectivity index (χ4v) is 8.06. The Morgan fingerprint density at radius 2 is 1.81 bits per heavy atom. The molecule has 0 saturated heterocycles. The van der Waals surface area contributed by atoms with E-state index in [0.29, 0.717) is 35.9 Å². The number of hydrogen-bond acceptors (Lipinski definition) is 2. The molecule has 2 nitrogen and oxygen atoms in total. The first-order valence-electron chi connectivity index (χ1n) is 13.1. The minimum Gasteiger partial charge on any atom is -0.414 e. The van der Waals surface area contributed by atoms with Crippen molar-refractivity contribution in [2.45, 2.75) is 117 Å². The van der Waals surface area contributed by atoms with E-state index < -0.39 is 8.32 Å². The Morgan fingerprint density at radius 3 is 2.45 bits per heavy atom. The summed E-state index contributed by atoms with van der Waals surface area (Å²) in [6.45, 7) is 19.3. The molecule has 0 aliphatic heterocycles. The van der Waals surface area contributed by atoms with E-state index in [4.69, 9.17) is 4.43 Å². The summed E-state index contributed by atoms with van der Waals surface area (Å²) in [7, 11) is -1.71. The van der Waals surface area contributed by atoms with Gasteiger partial charge in [-0.05, 0) is 98.6 Å². The third-order valence-electron chi connectivity index (χ3n) is 9.81. The Bertz CT molecular complexity index is 686. The van der Waals surface area contributed by atoms with Crippen molar-refractivity contribution in [2.75, 3.05) is 6.61 Å². The van der Waals surface area contributed by atoms with Crippen molar-refractivity contribution in [3.8, 4) is 0 Å². The molecule has 1 N–H and O–H groups in total. The second kappa shape index (κ2) is 9.47. The second-order valence-electron chi connectivity index (χ2n) is 12.9. The van der Waals surface area contributed by atoms with Gasteiger partial charge in [-0.1, -0.05) is 64.8 Å². The van der Waals surface area contributed by atoms with Crippen LogP contribution in [0.3, 0.4) is 0 Å². The maximum Gasteiger partial charge on any atom is 0.192 e. The first kappa shape index (κ1) is 25.2. The van der Waals surface area contributed by atoms with Gasteiger partial charge in [0.1, 0.15) is 0 Å². The SMILES string of the molecule is C[C@H]1CC[C@H](O[Si](C)(C)C(C)(C)C)C/C1=C/C=C1\CCC[C@]2(C)[C@@H]([C@@H](C)CO)CC[C@@H]12. The number of aliphatic hydroxyl groups excluding tert-OH is 1. The molecule has 3 saturated carbocycles. The summed E-state index contributed by atoms with van der Waals surface area (Å²) < 4.78 is 6.81. The van der Waals surface area contributed by atoms with Crippen LogP contribution in [0.15, 0.2) is 23.3 Å². The van der Waals surface area contributed by atoms with Crippen molar-refractivity contribution in [1.29, 1.82) is 0 Å². The molecule has 0 spiro atoms. The maximum atomic E-state index is 9.79. The predicted molar refractivity (Wildman–Crippen MR) is 136 cm³/mol. The molecule has 3 aliphatic carbocycles. The van der Waals surface area contributed by atoms with Gasteiger partial charge < -0.3 is 9.53 Å². The van der Waals surface area contributed by atoms with Crippen LogP contribution in [-0.4, -0.2) is 26.1 Å². The van der Waals surface area contributed by atoms with Gasteiger partial charge in [0.15, 0.2) is 8.32 Å². The summed E-state index contributed by atoms with van der Waals surface area (Å²) in [4.78, 5) is 0. The number of aliphatic hydroxyl groups is 1. The van der Waals surface area contributed by atoms with Gasteiger partial charge >= 0.3 is 0 Å². The van der Waals surface area contributed by atoms with Gasteiger partial charge in [-0.2, -0.15) is 0 Å². The van der Waals surface area contributed by atoms with E-state index in [1.54, 1.807) is 11.1 Å². The van der Waals surface area contributed by atoms with Crippen molar-refractivity contribution in [3.05, 3.63) is 23.3 Å². The quantitative estimate of drug-likeness (QED) is 0.435. The summed E-state index contributed by atoms with van der Waals surface area (Å²) in [5, 5.41) is 10.1. The van der Waals surface area contributed by atoms with E-state index in [2.05, 4.69) is 66.8 Å². The molecule has 3 fully saturated rings. The zero-order chi connectivity index (χ0) is 23.0. The average molecular weight is 447 g/mol.